The fourth-order valence-electron chi connectivity index (χ4n) is 2.24. The molecule has 8 heteroatoms. The molecule has 0 aliphatic rings. The Hall–Kier alpha value is -2.16. The average Bonchev–Trinajstić information content (AvgIpc) is 2.60. The number of hydrogen-bond acceptors (Lipinski definition) is 5. The number of sulfonamides is 1. The predicted octanol–water partition coefficient (Wildman–Crippen LogP) is 2.05. The molecule has 142 valence electrons. The van der Waals surface area contributed by atoms with Gasteiger partial charge in [0.15, 0.2) is 11.5 Å². The van der Waals surface area contributed by atoms with Gasteiger partial charge in [0.1, 0.15) is 12.4 Å². The van der Waals surface area contributed by atoms with Crippen LogP contribution in [0.25, 0.3) is 0 Å². The van der Waals surface area contributed by atoms with Crippen molar-refractivity contribution in [1.29, 1.82) is 0 Å². The number of ether oxygens (including phenoxy) is 2. The maximum atomic E-state index is 12.9. The lowest BCUT2D eigenvalue weighted by Crippen LogP contribution is -2.30. The zero-order valence-electron chi connectivity index (χ0n) is 14.8. The first-order valence-electron chi connectivity index (χ1n) is 8.07. The molecule has 2 aromatic rings. The van der Waals surface area contributed by atoms with Crippen LogP contribution in [0, 0.1) is 5.82 Å². The van der Waals surface area contributed by atoms with Gasteiger partial charge in [-0.3, -0.25) is 0 Å². The van der Waals surface area contributed by atoms with Gasteiger partial charge >= 0.3 is 0 Å². The lowest BCUT2D eigenvalue weighted by molar-refractivity contribution is 0.284. The van der Waals surface area contributed by atoms with E-state index in [1.807, 2.05) is 18.2 Å². The lowest BCUT2D eigenvalue weighted by Gasteiger charge is -2.13. The Balaban J connectivity index is 1.87. The second-order valence-electron chi connectivity index (χ2n) is 5.74. The highest BCUT2D eigenvalue weighted by Gasteiger charge is 2.07. The Morgan fingerprint density at radius 1 is 1.00 bits per heavy atom. The van der Waals surface area contributed by atoms with E-state index < -0.39 is 10.0 Å². The molecular formula is C18H23FN2O4S. The van der Waals surface area contributed by atoms with E-state index in [9.17, 15) is 12.8 Å². The highest BCUT2D eigenvalue weighted by molar-refractivity contribution is 7.88. The molecule has 2 N–H and O–H groups in total. The molecule has 0 aliphatic carbocycles. The molecule has 0 aliphatic heterocycles. The highest BCUT2D eigenvalue weighted by Crippen LogP contribution is 2.28. The molecule has 0 amide bonds. The van der Waals surface area contributed by atoms with Gasteiger partial charge in [-0.05, 0) is 35.4 Å². The van der Waals surface area contributed by atoms with Crippen molar-refractivity contribution in [2.45, 2.75) is 13.2 Å². The van der Waals surface area contributed by atoms with Crippen LogP contribution in [-0.4, -0.2) is 34.9 Å². The van der Waals surface area contributed by atoms with Crippen molar-refractivity contribution in [3.8, 4) is 11.5 Å². The van der Waals surface area contributed by atoms with Crippen molar-refractivity contribution in [1.82, 2.24) is 10.0 Å². The van der Waals surface area contributed by atoms with Crippen LogP contribution in [-0.2, 0) is 23.2 Å². The van der Waals surface area contributed by atoms with Crippen molar-refractivity contribution in [3.63, 3.8) is 0 Å². The summed E-state index contributed by atoms with van der Waals surface area (Å²) in [5.74, 6) is 0.912. The summed E-state index contributed by atoms with van der Waals surface area (Å²) in [6, 6.07) is 11.7. The third kappa shape index (κ3) is 6.99. The summed E-state index contributed by atoms with van der Waals surface area (Å²) in [4.78, 5) is 0. The summed E-state index contributed by atoms with van der Waals surface area (Å²) in [7, 11) is -1.60. The molecule has 0 atom stereocenters. The quantitative estimate of drug-likeness (QED) is 0.615. The van der Waals surface area contributed by atoms with Crippen molar-refractivity contribution < 1.29 is 22.3 Å². The van der Waals surface area contributed by atoms with Gasteiger partial charge in [-0.15, -0.1) is 0 Å². The molecule has 0 bridgehead atoms. The van der Waals surface area contributed by atoms with Crippen LogP contribution in [0.4, 0.5) is 4.39 Å². The predicted molar refractivity (Wildman–Crippen MR) is 98.3 cm³/mol. The number of nitrogens with one attached hydrogen (secondary N) is 2. The SMILES string of the molecule is COc1cc(CNCCNS(C)(=O)=O)ccc1OCc1ccc(F)cc1. The molecule has 0 unspecified atom stereocenters. The van der Waals surface area contributed by atoms with E-state index in [-0.39, 0.29) is 5.82 Å². The molecule has 2 aromatic carbocycles. The van der Waals surface area contributed by atoms with Crippen LogP contribution in [0.1, 0.15) is 11.1 Å². The highest BCUT2D eigenvalue weighted by atomic mass is 32.2. The van der Waals surface area contributed by atoms with E-state index in [2.05, 4.69) is 10.0 Å². The van der Waals surface area contributed by atoms with Crippen molar-refractivity contribution in [2.75, 3.05) is 26.5 Å². The number of hydrogen-bond donors (Lipinski definition) is 2. The Kier molecular flexibility index (Phi) is 7.38. The Labute approximate surface area is 153 Å². The topological polar surface area (TPSA) is 76.7 Å². The summed E-state index contributed by atoms with van der Waals surface area (Å²) in [6.45, 7) is 1.72. The van der Waals surface area contributed by atoms with E-state index in [4.69, 9.17) is 9.47 Å². The van der Waals surface area contributed by atoms with Gasteiger partial charge < -0.3 is 14.8 Å². The molecule has 26 heavy (non-hydrogen) atoms. The van der Waals surface area contributed by atoms with Gasteiger partial charge in [0.05, 0.1) is 13.4 Å². The molecule has 0 saturated carbocycles. The molecule has 0 radical (unpaired) electrons. The largest absolute Gasteiger partial charge is 0.493 e. The Bertz CT molecular complexity index is 810. The fourth-order valence-corrected chi connectivity index (χ4v) is 2.71. The normalized spacial score (nSPS) is 11.3. The van der Waals surface area contributed by atoms with Crippen LogP contribution < -0.4 is 19.5 Å². The summed E-state index contributed by atoms with van der Waals surface area (Å²) < 4.78 is 48.4. The average molecular weight is 382 g/mol. The second-order valence-corrected chi connectivity index (χ2v) is 7.58. The summed E-state index contributed by atoms with van der Waals surface area (Å²) in [5, 5.41) is 3.15. The van der Waals surface area contributed by atoms with E-state index >= 15 is 0 Å². The van der Waals surface area contributed by atoms with Crippen LogP contribution >= 0.6 is 0 Å². The van der Waals surface area contributed by atoms with E-state index in [1.165, 1.54) is 12.1 Å². The molecule has 0 heterocycles. The first-order valence-corrected chi connectivity index (χ1v) is 9.96. The van der Waals surface area contributed by atoms with Crippen LogP contribution in [0.3, 0.4) is 0 Å². The van der Waals surface area contributed by atoms with Gasteiger partial charge in [-0.25, -0.2) is 17.5 Å². The second kappa shape index (κ2) is 9.51. The Morgan fingerprint density at radius 3 is 2.35 bits per heavy atom. The molecular weight excluding hydrogens is 359 g/mol. The minimum Gasteiger partial charge on any atom is -0.493 e. The third-order valence-corrected chi connectivity index (χ3v) is 4.26. The van der Waals surface area contributed by atoms with Gasteiger partial charge in [0, 0.05) is 19.6 Å². The molecule has 6 nitrogen and oxygen atoms in total. The summed E-state index contributed by atoms with van der Waals surface area (Å²) in [6.07, 6.45) is 1.13. The number of rotatable bonds is 10. The number of benzene rings is 2. The molecule has 0 saturated heterocycles. The fraction of sp³-hybridized carbons (Fsp3) is 0.333. The van der Waals surface area contributed by atoms with Gasteiger partial charge in [-0.2, -0.15) is 0 Å². The number of halogens is 1. The maximum Gasteiger partial charge on any atom is 0.208 e. The maximum absolute atomic E-state index is 12.9. The van der Waals surface area contributed by atoms with E-state index in [1.54, 1.807) is 19.2 Å². The smallest absolute Gasteiger partial charge is 0.208 e. The van der Waals surface area contributed by atoms with E-state index in [0.29, 0.717) is 37.7 Å². The standard InChI is InChI=1S/C18H23FN2O4S/c1-24-18-11-15(12-20-9-10-21-26(2,22)23)5-8-17(18)25-13-14-3-6-16(19)7-4-14/h3-8,11,20-21H,9-10,12-13H2,1-2H3. The first kappa shape index (κ1) is 20.2. The van der Waals surface area contributed by atoms with Crippen molar-refractivity contribution in [3.05, 3.63) is 59.4 Å². The van der Waals surface area contributed by atoms with Crippen molar-refractivity contribution >= 4 is 10.0 Å². The zero-order valence-corrected chi connectivity index (χ0v) is 15.6. The lowest BCUT2D eigenvalue weighted by atomic mass is 10.2. The van der Waals surface area contributed by atoms with Gasteiger partial charge in [0.25, 0.3) is 0 Å². The number of methoxy groups -OCH3 is 1. The zero-order chi connectivity index (χ0) is 19.0. The van der Waals surface area contributed by atoms with Crippen molar-refractivity contribution in [2.24, 2.45) is 0 Å². The first-order chi connectivity index (χ1) is 12.4. The summed E-state index contributed by atoms with van der Waals surface area (Å²) >= 11 is 0. The van der Waals surface area contributed by atoms with Gasteiger partial charge in [0.2, 0.25) is 10.0 Å². The van der Waals surface area contributed by atoms with Crippen LogP contribution in [0.2, 0.25) is 0 Å². The monoisotopic (exact) mass is 382 g/mol. The third-order valence-electron chi connectivity index (χ3n) is 3.53. The molecule has 0 fully saturated rings. The van der Waals surface area contributed by atoms with E-state index in [0.717, 1.165) is 17.4 Å². The van der Waals surface area contributed by atoms with Crippen LogP contribution in [0.15, 0.2) is 42.5 Å². The molecule has 0 aromatic heterocycles. The Morgan fingerprint density at radius 2 is 1.69 bits per heavy atom. The molecule has 2 rings (SSSR count). The minimum atomic E-state index is -3.16. The molecule has 0 spiro atoms. The minimum absolute atomic E-state index is 0.282. The van der Waals surface area contributed by atoms with Crippen LogP contribution in [0.5, 0.6) is 11.5 Å². The van der Waals surface area contributed by atoms with Gasteiger partial charge in [-0.1, -0.05) is 18.2 Å². The summed E-state index contributed by atoms with van der Waals surface area (Å²) in [5.41, 5.74) is 1.84.